The van der Waals surface area contributed by atoms with E-state index in [0.717, 1.165) is 24.5 Å². The fraction of sp³-hybridized carbons (Fsp3) is 0.304. The summed E-state index contributed by atoms with van der Waals surface area (Å²) in [6, 6.07) is 9.27. The van der Waals surface area contributed by atoms with E-state index in [4.69, 9.17) is 14.2 Å². The average molecular weight is 442 g/mol. The van der Waals surface area contributed by atoms with Crippen molar-refractivity contribution in [3.8, 4) is 11.5 Å². The molecule has 4 rings (SSSR count). The van der Waals surface area contributed by atoms with Crippen molar-refractivity contribution in [1.29, 1.82) is 0 Å². The van der Waals surface area contributed by atoms with Crippen molar-refractivity contribution in [2.75, 3.05) is 43.6 Å². The van der Waals surface area contributed by atoms with E-state index < -0.39 is 11.6 Å². The predicted octanol–water partition coefficient (Wildman–Crippen LogP) is 4.23. The molecule has 0 bridgehead atoms. The summed E-state index contributed by atoms with van der Waals surface area (Å²) in [5.41, 5.74) is 2.01. The van der Waals surface area contributed by atoms with Crippen LogP contribution in [0.3, 0.4) is 0 Å². The van der Waals surface area contributed by atoms with E-state index in [1.165, 1.54) is 25.6 Å². The van der Waals surface area contributed by atoms with E-state index in [2.05, 4.69) is 20.2 Å². The van der Waals surface area contributed by atoms with Crippen LogP contribution in [0.5, 0.6) is 11.5 Å². The number of nitrogens with one attached hydrogen (secondary N) is 1. The van der Waals surface area contributed by atoms with Crippen LogP contribution in [0.1, 0.15) is 11.1 Å². The van der Waals surface area contributed by atoms with Gasteiger partial charge in [-0.25, -0.2) is 18.7 Å². The van der Waals surface area contributed by atoms with Crippen molar-refractivity contribution in [2.45, 2.75) is 13.5 Å². The van der Waals surface area contributed by atoms with E-state index in [0.29, 0.717) is 19.2 Å². The molecule has 0 unspecified atom stereocenters. The number of methoxy groups -OCH3 is 1. The van der Waals surface area contributed by atoms with Gasteiger partial charge in [0.2, 0.25) is 5.95 Å². The molecular formula is C23H24F2N4O3. The Balaban J connectivity index is 1.41. The molecule has 0 radical (unpaired) electrons. The molecule has 3 aromatic rings. The van der Waals surface area contributed by atoms with Crippen molar-refractivity contribution in [2.24, 2.45) is 0 Å². The lowest BCUT2D eigenvalue weighted by Crippen LogP contribution is -2.36. The minimum Gasteiger partial charge on any atom is -0.494 e. The molecule has 0 spiro atoms. The number of halogens is 2. The van der Waals surface area contributed by atoms with Crippen LogP contribution in [0, 0.1) is 18.6 Å². The summed E-state index contributed by atoms with van der Waals surface area (Å²) in [6.45, 7) is 4.35. The van der Waals surface area contributed by atoms with E-state index in [9.17, 15) is 8.78 Å². The molecule has 1 saturated heterocycles. The number of nitrogens with zero attached hydrogens (tertiary/aromatic N) is 3. The third-order valence-electron chi connectivity index (χ3n) is 5.15. The van der Waals surface area contributed by atoms with Gasteiger partial charge >= 0.3 is 0 Å². The minimum absolute atomic E-state index is 0.0300. The van der Waals surface area contributed by atoms with Crippen molar-refractivity contribution < 1.29 is 23.0 Å². The van der Waals surface area contributed by atoms with Crippen LogP contribution < -0.4 is 19.7 Å². The van der Waals surface area contributed by atoms with Gasteiger partial charge in [-0.1, -0.05) is 6.07 Å². The van der Waals surface area contributed by atoms with Crippen LogP contribution in [0.2, 0.25) is 0 Å². The standard InChI is InChI=1S/C23H24F2N4O3/c1-15-10-20(30-2)22(25)19(21(15)24)14-32-18-12-26-23(27-13-18)28-16-4-3-5-17(11-16)29-6-8-31-9-7-29/h3-5,10-13H,6-9,14H2,1-2H3,(H,26,27,28). The molecule has 168 valence electrons. The van der Waals surface area contributed by atoms with Gasteiger partial charge in [-0.05, 0) is 36.8 Å². The predicted molar refractivity (Wildman–Crippen MR) is 117 cm³/mol. The molecule has 2 heterocycles. The zero-order valence-electron chi connectivity index (χ0n) is 17.9. The van der Waals surface area contributed by atoms with Gasteiger partial charge in [0.15, 0.2) is 17.3 Å². The van der Waals surface area contributed by atoms with Gasteiger partial charge in [0.05, 0.1) is 38.3 Å². The topological polar surface area (TPSA) is 68.7 Å². The van der Waals surface area contributed by atoms with E-state index in [1.54, 1.807) is 6.92 Å². The molecule has 0 saturated carbocycles. The smallest absolute Gasteiger partial charge is 0.227 e. The van der Waals surface area contributed by atoms with Crippen LogP contribution in [0.15, 0.2) is 42.7 Å². The third-order valence-corrected chi connectivity index (χ3v) is 5.15. The highest BCUT2D eigenvalue weighted by atomic mass is 19.1. The first-order chi connectivity index (χ1) is 15.5. The van der Waals surface area contributed by atoms with Crippen molar-refractivity contribution in [3.63, 3.8) is 0 Å². The number of aromatic nitrogens is 2. The molecule has 0 atom stereocenters. The Labute approximate surface area is 185 Å². The first kappa shape index (κ1) is 21.8. The second kappa shape index (κ2) is 9.78. The molecule has 0 aliphatic carbocycles. The lowest BCUT2D eigenvalue weighted by molar-refractivity contribution is 0.122. The molecule has 7 nitrogen and oxygen atoms in total. The summed E-state index contributed by atoms with van der Waals surface area (Å²) >= 11 is 0. The number of benzene rings is 2. The van der Waals surface area contributed by atoms with Gasteiger partial charge in [0, 0.05) is 24.5 Å². The van der Waals surface area contributed by atoms with Crippen molar-refractivity contribution >= 4 is 17.3 Å². The third kappa shape index (κ3) is 4.88. The van der Waals surface area contributed by atoms with Crippen LogP contribution in [-0.4, -0.2) is 43.4 Å². The Morgan fingerprint density at radius 1 is 1.09 bits per heavy atom. The maximum atomic E-state index is 14.4. The van der Waals surface area contributed by atoms with Crippen LogP contribution >= 0.6 is 0 Å². The lowest BCUT2D eigenvalue weighted by atomic mass is 10.1. The Bertz CT molecular complexity index is 1070. The number of hydrogen-bond donors (Lipinski definition) is 1. The van der Waals surface area contributed by atoms with Crippen LogP contribution in [-0.2, 0) is 11.3 Å². The normalized spacial score (nSPS) is 13.7. The van der Waals surface area contributed by atoms with Gasteiger partial charge in [-0.3, -0.25) is 0 Å². The first-order valence-electron chi connectivity index (χ1n) is 10.2. The number of ether oxygens (including phenoxy) is 3. The lowest BCUT2D eigenvalue weighted by Gasteiger charge is -2.29. The van der Waals surface area contributed by atoms with Crippen molar-refractivity contribution in [3.05, 3.63) is 65.5 Å². The maximum Gasteiger partial charge on any atom is 0.227 e. The van der Waals surface area contributed by atoms with Crippen LogP contribution in [0.4, 0.5) is 26.1 Å². The molecule has 2 aromatic carbocycles. The van der Waals surface area contributed by atoms with E-state index in [1.807, 2.05) is 24.3 Å². The second-order valence-corrected chi connectivity index (χ2v) is 7.31. The average Bonchev–Trinajstić information content (AvgIpc) is 2.83. The number of rotatable bonds is 7. The molecule has 1 fully saturated rings. The molecule has 32 heavy (non-hydrogen) atoms. The zero-order valence-corrected chi connectivity index (χ0v) is 17.9. The number of morpholine rings is 1. The molecule has 1 aliphatic heterocycles. The molecule has 1 aromatic heterocycles. The fourth-order valence-electron chi connectivity index (χ4n) is 3.42. The maximum absolute atomic E-state index is 14.4. The molecule has 9 heteroatoms. The summed E-state index contributed by atoms with van der Waals surface area (Å²) in [5, 5.41) is 3.15. The Morgan fingerprint density at radius 3 is 2.56 bits per heavy atom. The number of anilines is 3. The number of hydrogen-bond acceptors (Lipinski definition) is 7. The fourth-order valence-corrected chi connectivity index (χ4v) is 3.42. The summed E-state index contributed by atoms with van der Waals surface area (Å²) < 4.78 is 44.6. The van der Waals surface area contributed by atoms with E-state index >= 15 is 0 Å². The summed E-state index contributed by atoms with van der Waals surface area (Å²) in [7, 11) is 1.33. The highest BCUT2D eigenvalue weighted by molar-refractivity contribution is 5.62. The highest BCUT2D eigenvalue weighted by Crippen LogP contribution is 2.27. The SMILES string of the molecule is COc1cc(C)c(F)c(COc2cnc(Nc3cccc(N4CCOCC4)c3)nc2)c1F. The molecular weight excluding hydrogens is 418 g/mol. The highest BCUT2D eigenvalue weighted by Gasteiger charge is 2.18. The second-order valence-electron chi connectivity index (χ2n) is 7.31. The largest absolute Gasteiger partial charge is 0.494 e. The quantitative estimate of drug-likeness (QED) is 0.587. The van der Waals surface area contributed by atoms with E-state index in [-0.39, 0.29) is 29.2 Å². The van der Waals surface area contributed by atoms with Gasteiger partial charge in [0.1, 0.15) is 12.4 Å². The molecule has 0 amide bonds. The van der Waals surface area contributed by atoms with Gasteiger partial charge < -0.3 is 24.4 Å². The van der Waals surface area contributed by atoms with Gasteiger partial charge in [-0.15, -0.1) is 0 Å². The minimum atomic E-state index is -0.782. The summed E-state index contributed by atoms with van der Waals surface area (Å²) in [4.78, 5) is 10.7. The van der Waals surface area contributed by atoms with Crippen LogP contribution in [0.25, 0.3) is 0 Å². The van der Waals surface area contributed by atoms with Gasteiger partial charge in [0.25, 0.3) is 0 Å². The Morgan fingerprint density at radius 2 is 1.84 bits per heavy atom. The summed E-state index contributed by atoms with van der Waals surface area (Å²) in [5.74, 6) is -0.807. The first-order valence-corrected chi connectivity index (χ1v) is 10.2. The summed E-state index contributed by atoms with van der Waals surface area (Å²) in [6.07, 6.45) is 2.90. The molecule has 1 N–H and O–H groups in total. The monoisotopic (exact) mass is 442 g/mol. The Kier molecular flexibility index (Phi) is 6.65. The molecule has 1 aliphatic rings. The Hall–Kier alpha value is -3.46. The van der Waals surface area contributed by atoms with Crippen molar-refractivity contribution in [1.82, 2.24) is 9.97 Å². The number of aryl methyl sites for hydroxylation is 1. The zero-order chi connectivity index (χ0) is 22.5. The van der Waals surface area contributed by atoms with Gasteiger partial charge in [-0.2, -0.15) is 0 Å².